The molecule has 16 heavy (non-hydrogen) atoms. The summed E-state index contributed by atoms with van der Waals surface area (Å²) >= 11 is 0. The van der Waals surface area contributed by atoms with Gasteiger partial charge in [0.15, 0.2) is 5.69 Å². The van der Waals surface area contributed by atoms with Crippen LogP contribution in [-0.4, -0.2) is 39.4 Å². The Morgan fingerprint density at radius 1 is 1.56 bits per heavy atom. The zero-order chi connectivity index (χ0) is 12.3. The van der Waals surface area contributed by atoms with Gasteiger partial charge in [0.2, 0.25) is 0 Å². The summed E-state index contributed by atoms with van der Waals surface area (Å²) in [4.78, 5) is 10.6. The lowest BCUT2D eigenvalue weighted by Crippen LogP contribution is -2.21. The highest BCUT2D eigenvalue weighted by molar-refractivity contribution is 5.86. The van der Waals surface area contributed by atoms with Gasteiger partial charge in [0, 0.05) is 7.11 Å². The molecule has 6 nitrogen and oxygen atoms in total. The first-order valence-electron chi connectivity index (χ1n) is 4.06. The minimum absolute atomic E-state index is 0.215. The van der Waals surface area contributed by atoms with Crippen LogP contribution in [0.5, 0.6) is 0 Å². The smallest absolute Gasteiger partial charge is 0.408 e. The molecular formula is C7H8F3N3O3. The molecule has 0 unspecified atom stereocenters. The Kier molecular flexibility index (Phi) is 3.48. The predicted molar refractivity (Wildman–Crippen MR) is 43.7 cm³/mol. The number of halogens is 3. The number of alkyl halides is 3. The van der Waals surface area contributed by atoms with E-state index in [1.807, 2.05) is 0 Å². The zero-order valence-corrected chi connectivity index (χ0v) is 8.15. The van der Waals surface area contributed by atoms with E-state index in [4.69, 9.17) is 5.11 Å². The molecule has 1 N–H and O–H groups in total. The number of ether oxygens (including phenoxy) is 1. The molecule has 0 aromatic carbocycles. The summed E-state index contributed by atoms with van der Waals surface area (Å²) in [5.41, 5.74) is -0.751. The molecule has 9 heteroatoms. The van der Waals surface area contributed by atoms with Gasteiger partial charge >= 0.3 is 12.1 Å². The summed E-state index contributed by atoms with van der Waals surface area (Å²) < 4.78 is 41.4. The second-order valence-corrected chi connectivity index (χ2v) is 2.90. The SMILES string of the molecule is COCc1c(C(=O)O)nnn1CC(F)(F)F. The predicted octanol–water partition coefficient (Wildman–Crippen LogP) is 0.685. The van der Waals surface area contributed by atoms with E-state index < -0.39 is 24.4 Å². The highest BCUT2D eigenvalue weighted by Gasteiger charge is 2.31. The van der Waals surface area contributed by atoms with Gasteiger partial charge in [-0.1, -0.05) is 5.21 Å². The van der Waals surface area contributed by atoms with Crippen molar-refractivity contribution in [1.29, 1.82) is 0 Å². The van der Waals surface area contributed by atoms with Crippen molar-refractivity contribution in [2.24, 2.45) is 0 Å². The first-order chi connectivity index (χ1) is 7.35. The molecule has 0 bridgehead atoms. The number of rotatable bonds is 4. The maximum atomic E-state index is 12.1. The Morgan fingerprint density at radius 3 is 2.62 bits per heavy atom. The summed E-state index contributed by atoms with van der Waals surface area (Å²) in [6, 6.07) is 0. The number of methoxy groups -OCH3 is 1. The maximum absolute atomic E-state index is 12.1. The number of hydrogen-bond donors (Lipinski definition) is 1. The molecule has 0 atom stereocenters. The number of carboxylic acids is 1. The number of aromatic carboxylic acids is 1. The summed E-state index contributed by atoms with van der Waals surface area (Å²) in [5.74, 6) is -1.44. The largest absolute Gasteiger partial charge is 0.476 e. The molecule has 1 aromatic rings. The Morgan fingerprint density at radius 2 is 2.19 bits per heavy atom. The summed E-state index contributed by atoms with van der Waals surface area (Å²) in [7, 11) is 1.23. The van der Waals surface area contributed by atoms with Crippen LogP contribution in [0, 0.1) is 0 Å². The van der Waals surface area contributed by atoms with Crippen molar-refractivity contribution >= 4 is 5.97 Å². The molecule has 0 saturated carbocycles. The van der Waals surface area contributed by atoms with Gasteiger partial charge in [0.1, 0.15) is 6.54 Å². The Bertz CT molecular complexity index is 388. The second-order valence-electron chi connectivity index (χ2n) is 2.90. The molecule has 0 aliphatic heterocycles. The van der Waals surface area contributed by atoms with Crippen LogP contribution in [0.1, 0.15) is 16.2 Å². The van der Waals surface area contributed by atoms with E-state index in [1.165, 1.54) is 7.11 Å². The highest BCUT2D eigenvalue weighted by Crippen LogP contribution is 2.19. The minimum atomic E-state index is -4.49. The Hall–Kier alpha value is -1.64. The molecule has 0 radical (unpaired) electrons. The normalized spacial score (nSPS) is 11.8. The molecular weight excluding hydrogens is 231 g/mol. The van der Waals surface area contributed by atoms with Gasteiger partial charge in [-0.15, -0.1) is 5.10 Å². The highest BCUT2D eigenvalue weighted by atomic mass is 19.4. The average Bonchev–Trinajstić information content (AvgIpc) is 2.47. The van der Waals surface area contributed by atoms with E-state index >= 15 is 0 Å². The maximum Gasteiger partial charge on any atom is 0.408 e. The molecule has 0 amide bonds. The number of aromatic nitrogens is 3. The van der Waals surface area contributed by atoms with E-state index in [2.05, 4.69) is 15.0 Å². The summed E-state index contributed by atoms with van der Waals surface area (Å²) in [6.45, 7) is -1.70. The second kappa shape index (κ2) is 4.47. The van der Waals surface area contributed by atoms with Gasteiger partial charge in [-0.05, 0) is 0 Å². The molecule has 0 saturated heterocycles. The van der Waals surface area contributed by atoms with Gasteiger partial charge in [-0.2, -0.15) is 13.2 Å². The van der Waals surface area contributed by atoms with Crippen molar-refractivity contribution in [2.75, 3.05) is 7.11 Å². The fourth-order valence-electron chi connectivity index (χ4n) is 1.08. The lowest BCUT2D eigenvalue weighted by molar-refractivity contribution is -0.143. The van der Waals surface area contributed by atoms with Crippen molar-refractivity contribution in [3.8, 4) is 0 Å². The number of carbonyl (C=O) groups is 1. The van der Waals surface area contributed by atoms with Crippen LogP contribution in [-0.2, 0) is 17.9 Å². The number of carboxylic acid groups (broad SMARTS) is 1. The average molecular weight is 239 g/mol. The Balaban J connectivity index is 3.05. The van der Waals surface area contributed by atoms with Crippen LogP contribution in [0.15, 0.2) is 0 Å². The topological polar surface area (TPSA) is 77.2 Å². The molecule has 0 aliphatic rings. The van der Waals surface area contributed by atoms with Crippen LogP contribution >= 0.6 is 0 Å². The molecule has 0 spiro atoms. The van der Waals surface area contributed by atoms with E-state index in [0.717, 1.165) is 0 Å². The fourth-order valence-corrected chi connectivity index (χ4v) is 1.08. The van der Waals surface area contributed by atoms with Crippen LogP contribution in [0.3, 0.4) is 0 Å². The van der Waals surface area contributed by atoms with Crippen LogP contribution in [0.25, 0.3) is 0 Å². The van der Waals surface area contributed by atoms with Gasteiger partial charge in [0.05, 0.1) is 12.3 Å². The van der Waals surface area contributed by atoms with Crippen LogP contribution < -0.4 is 0 Å². The van der Waals surface area contributed by atoms with Crippen molar-refractivity contribution in [3.63, 3.8) is 0 Å². The third-order valence-electron chi connectivity index (χ3n) is 1.65. The molecule has 1 heterocycles. The monoisotopic (exact) mass is 239 g/mol. The number of hydrogen-bond acceptors (Lipinski definition) is 4. The standard InChI is InChI=1S/C7H8F3N3O3/c1-16-2-4-5(6(14)15)11-12-13(4)3-7(8,9)10/h2-3H2,1H3,(H,14,15). The third-order valence-corrected chi connectivity index (χ3v) is 1.65. The van der Waals surface area contributed by atoms with E-state index in [0.29, 0.717) is 4.68 Å². The van der Waals surface area contributed by atoms with Gasteiger partial charge in [-0.25, -0.2) is 9.48 Å². The van der Waals surface area contributed by atoms with Gasteiger partial charge in [-0.3, -0.25) is 0 Å². The first-order valence-corrected chi connectivity index (χ1v) is 4.06. The lowest BCUT2D eigenvalue weighted by Gasteiger charge is -2.08. The molecule has 0 fully saturated rings. The van der Waals surface area contributed by atoms with Gasteiger partial charge in [0.25, 0.3) is 0 Å². The Labute approximate surface area is 87.6 Å². The summed E-state index contributed by atoms with van der Waals surface area (Å²) in [6.07, 6.45) is -4.49. The lowest BCUT2D eigenvalue weighted by atomic mass is 10.3. The molecule has 1 aromatic heterocycles. The van der Waals surface area contributed by atoms with E-state index in [1.54, 1.807) is 0 Å². The number of nitrogens with zero attached hydrogens (tertiary/aromatic N) is 3. The molecule has 90 valence electrons. The van der Waals surface area contributed by atoms with Crippen molar-refractivity contribution in [1.82, 2.24) is 15.0 Å². The van der Waals surface area contributed by atoms with Crippen molar-refractivity contribution in [3.05, 3.63) is 11.4 Å². The first kappa shape index (κ1) is 12.4. The van der Waals surface area contributed by atoms with Crippen LogP contribution in [0.2, 0.25) is 0 Å². The molecule has 0 aliphatic carbocycles. The zero-order valence-electron chi connectivity index (χ0n) is 8.15. The van der Waals surface area contributed by atoms with E-state index in [9.17, 15) is 18.0 Å². The van der Waals surface area contributed by atoms with Crippen LogP contribution in [0.4, 0.5) is 13.2 Å². The van der Waals surface area contributed by atoms with Crippen molar-refractivity contribution < 1.29 is 27.8 Å². The summed E-state index contributed by atoms with van der Waals surface area (Å²) in [5, 5.41) is 14.9. The molecule has 1 rings (SSSR count). The fraction of sp³-hybridized carbons (Fsp3) is 0.571. The third kappa shape index (κ3) is 2.92. The van der Waals surface area contributed by atoms with E-state index in [-0.39, 0.29) is 12.3 Å². The van der Waals surface area contributed by atoms with Gasteiger partial charge < -0.3 is 9.84 Å². The minimum Gasteiger partial charge on any atom is -0.476 e. The quantitative estimate of drug-likeness (QED) is 0.836. The van der Waals surface area contributed by atoms with Crippen molar-refractivity contribution in [2.45, 2.75) is 19.3 Å².